The molecule has 0 bridgehead atoms. The highest BCUT2D eigenvalue weighted by Gasteiger charge is 2.53. The van der Waals surface area contributed by atoms with Gasteiger partial charge in [0.25, 0.3) is 5.91 Å². The third-order valence-electron chi connectivity index (χ3n) is 9.24. The minimum Gasteiger partial charge on any atom is -0.478 e. The molecule has 0 saturated heterocycles. The first-order valence-corrected chi connectivity index (χ1v) is 14.6. The van der Waals surface area contributed by atoms with Crippen molar-refractivity contribution in [2.45, 2.75) is 124 Å². The van der Waals surface area contributed by atoms with Crippen LogP contribution < -0.4 is 0 Å². The van der Waals surface area contributed by atoms with Gasteiger partial charge in [-0.05, 0) is 85.8 Å². The summed E-state index contributed by atoms with van der Waals surface area (Å²) in [4.78, 5) is 33.5. The van der Waals surface area contributed by atoms with Gasteiger partial charge >= 0.3 is 5.97 Å². The number of hydrogen-bond acceptors (Lipinski definition) is 3. The van der Waals surface area contributed by atoms with E-state index < -0.39 is 11.6 Å². The first-order chi connectivity index (χ1) is 17.3. The van der Waals surface area contributed by atoms with Crippen molar-refractivity contribution in [1.82, 2.24) is 4.90 Å². The summed E-state index contributed by atoms with van der Waals surface area (Å²) in [5, 5.41) is 9.46. The largest absolute Gasteiger partial charge is 0.478 e. The molecule has 5 heteroatoms. The predicted octanol–water partition coefficient (Wildman–Crippen LogP) is 8.05. The van der Waals surface area contributed by atoms with Crippen LogP contribution in [0.1, 0.15) is 134 Å². The first-order valence-electron chi connectivity index (χ1n) is 14.6. The van der Waals surface area contributed by atoms with Gasteiger partial charge in [-0.3, -0.25) is 9.79 Å². The topological polar surface area (TPSA) is 70.0 Å². The van der Waals surface area contributed by atoms with E-state index in [2.05, 4.69) is 46.4 Å². The summed E-state index contributed by atoms with van der Waals surface area (Å²) in [5.41, 5.74) is 2.05. The van der Waals surface area contributed by atoms with E-state index in [9.17, 15) is 14.7 Å². The van der Waals surface area contributed by atoms with Gasteiger partial charge in [-0.1, -0.05) is 72.9 Å². The molecule has 0 unspecified atom stereocenters. The van der Waals surface area contributed by atoms with E-state index in [0.717, 1.165) is 62.6 Å². The van der Waals surface area contributed by atoms with Crippen LogP contribution in [0.5, 0.6) is 0 Å². The second kappa shape index (κ2) is 10.5. The van der Waals surface area contributed by atoms with Crippen molar-refractivity contribution in [2.24, 2.45) is 27.7 Å². The van der Waals surface area contributed by atoms with Gasteiger partial charge in [0.15, 0.2) is 0 Å². The number of carboxylic acids is 1. The van der Waals surface area contributed by atoms with E-state index in [0.29, 0.717) is 5.92 Å². The van der Waals surface area contributed by atoms with Crippen molar-refractivity contribution in [3.05, 3.63) is 35.4 Å². The quantitative estimate of drug-likeness (QED) is 0.422. The molecule has 2 fully saturated rings. The molecule has 1 aliphatic heterocycles. The van der Waals surface area contributed by atoms with Crippen molar-refractivity contribution in [1.29, 1.82) is 0 Å². The number of benzene rings is 1. The SMILES string of the molecule is CC(C)(C)CC[C@H](c1ccc(C(=O)O)cc1)N1C(=O)C(C2CCCCC2)=NC12CCC(C(C)(C)C)CC2. The van der Waals surface area contributed by atoms with Crippen LogP contribution in [0.25, 0.3) is 0 Å². The third kappa shape index (κ3) is 6.12. The Labute approximate surface area is 224 Å². The van der Waals surface area contributed by atoms with Crippen molar-refractivity contribution >= 4 is 17.6 Å². The molecule has 1 N–H and O–H groups in total. The molecule has 1 heterocycles. The highest BCUT2D eigenvalue weighted by atomic mass is 16.4. The average molecular weight is 509 g/mol. The van der Waals surface area contributed by atoms with Crippen LogP contribution in [0.15, 0.2) is 29.3 Å². The zero-order valence-corrected chi connectivity index (χ0v) is 24.0. The number of aliphatic imine (C=N–C) groups is 1. The minimum atomic E-state index is -0.921. The van der Waals surface area contributed by atoms with Gasteiger partial charge in [0.05, 0.1) is 11.6 Å². The molecule has 4 rings (SSSR count). The number of carboxylic acid groups (broad SMARTS) is 1. The highest BCUT2D eigenvalue weighted by molar-refractivity contribution is 6.41. The molecular weight excluding hydrogens is 460 g/mol. The second-order valence-electron chi connectivity index (χ2n) is 14.2. The fourth-order valence-electron chi connectivity index (χ4n) is 6.87. The van der Waals surface area contributed by atoms with E-state index >= 15 is 0 Å². The minimum absolute atomic E-state index is 0.106. The Morgan fingerprint density at radius 1 is 1.00 bits per heavy atom. The Kier molecular flexibility index (Phi) is 7.93. The van der Waals surface area contributed by atoms with Gasteiger partial charge in [-0.25, -0.2) is 4.79 Å². The van der Waals surface area contributed by atoms with Crippen LogP contribution in [0, 0.1) is 22.7 Å². The van der Waals surface area contributed by atoms with Crippen LogP contribution >= 0.6 is 0 Å². The van der Waals surface area contributed by atoms with E-state index in [1.807, 2.05) is 12.1 Å². The lowest BCUT2D eigenvalue weighted by Crippen LogP contribution is -2.51. The molecule has 37 heavy (non-hydrogen) atoms. The molecule has 2 saturated carbocycles. The van der Waals surface area contributed by atoms with Gasteiger partial charge in [0, 0.05) is 5.92 Å². The second-order valence-corrected chi connectivity index (χ2v) is 14.2. The number of carbonyl (C=O) groups is 2. The molecule has 1 aromatic rings. The molecule has 0 aromatic heterocycles. The van der Waals surface area contributed by atoms with Gasteiger partial charge < -0.3 is 10.0 Å². The lowest BCUT2D eigenvalue weighted by Gasteiger charge is -2.48. The molecule has 1 amide bonds. The average Bonchev–Trinajstić information content (AvgIpc) is 3.11. The zero-order chi connectivity index (χ0) is 27.0. The fourth-order valence-corrected chi connectivity index (χ4v) is 6.87. The molecule has 2 aliphatic carbocycles. The highest BCUT2D eigenvalue weighted by Crippen LogP contribution is 2.51. The van der Waals surface area contributed by atoms with E-state index in [1.54, 1.807) is 12.1 Å². The number of amides is 1. The lowest BCUT2D eigenvalue weighted by atomic mass is 9.69. The van der Waals surface area contributed by atoms with Crippen LogP contribution in [-0.4, -0.2) is 33.3 Å². The monoisotopic (exact) mass is 508 g/mol. The Balaban J connectivity index is 1.74. The van der Waals surface area contributed by atoms with Crippen LogP contribution in [0.4, 0.5) is 0 Å². The summed E-state index contributed by atoms with van der Waals surface area (Å²) in [7, 11) is 0. The normalized spacial score (nSPS) is 26.4. The number of rotatable bonds is 6. The van der Waals surface area contributed by atoms with Gasteiger partial charge in [-0.2, -0.15) is 0 Å². The summed E-state index contributed by atoms with van der Waals surface area (Å²) in [5.74, 6) is 0.130. The van der Waals surface area contributed by atoms with Gasteiger partial charge in [-0.15, -0.1) is 0 Å². The van der Waals surface area contributed by atoms with E-state index in [-0.39, 0.29) is 34.3 Å². The number of hydrogen-bond donors (Lipinski definition) is 1. The molecule has 5 nitrogen and oxygen atoms in total. The van der Waals surface area contributed by atoms with Crippen LogP contribution in [0.3, 0.4) is 0 Å². The third-order valence-corrected chi connectivity index (χ3v) is 9.24. The Bertz CT molecular complexity index is 998. The molecule has 204 valence electrons. The van der Waals surface area contributed by atoms with Crippen LogP contribution in [0.2, 0.25) is 0 Å². The maximum Gasteiger partial charge on any atom is 0.335 e. The molecule has 0 radical (unpaired) electrons. The zero-order valence-electron chi connectivity index (χ0n) is 24.0. The first kappa shape index (κ1) is 27.9. The maximum absolute atomic E-state index is 14.4. The van der Waals surface area contributed by atoms with E-state index in [4.69, 9.17) is 4.99 Å². The standard InChI is InChI=1S/C32H48N2O3/c1-30(2,3)19-18-26(22-12-14-24(15-13-22)29(36)37)34-28(35)27(23-10-8-7-9-11-23)33-32(34)20-16-25(17-21-32)31(4,5)6/h12-15,23,25-26H,7-11,16-21H2,1-6H3,(H,36,37)/t25?,26-,32?/m1/s1. The van der Waals surface area contributed by atoms with Crippen LogP contribution in [-0.2, 0) is 4.79 Å². The summed E-state index contributed by atoms with van der Waals surface area (Å²) in [6.07, 6.45) is 11.6. The molecule has 1 spiro atoms. The fraction of sp³-hybridized carbons (Fsp3) is 0.719. The van der Waals surface area contributed by atoms with Gasteiger partial charge in [0.2, 0.25) is 0 Å². The molecular formula is C32H48N2O3. The lowest BCUT2D eigenvalue weighted by molar-refractivity contribution is -0.134. The molecule has 3 aliphatic rings. The van der Waals surface area contributed by atoms with E-state index in [1.165, 1.54) is 19.3 Å². The number of aromatic carboxylic acids is 1. The number of nitrogens with zero attached hydrogens (tertiary/aromatic N) is 2. The Hall–Kier alpha value is -2.17. The van der Waals surface area contributed by atoms with Gasteiger partial charge in [0.1, 0.15) is 11.4 Å². The predicted molar refractivity (Wildman–Crippen MR) is 150 cm³/mol. The summed E-state index contributed by atoms with van der Waals surface area (Å²) < 4.78 is 0. The van der Waals surface area contributed by atoms with Crippen molar-refractivity contribution in [2.75, 3.05) is 0 Å². The maximum atomic E-state index is 14.4. The summed E-state index contributed by atoms with van der Waals surface area (Å²) in [6.45, 7) is 13.7. The molecule has 1 aromatic carbocycles. The van der Waals surface area contributed by atoms with Crippen molar-refractivity contribution < 1.29 is 14.7 Å². The number of carbonyl (C=O) groups excluding carboxylic acids is 1. The van der Waals surface area contributed by atoms with Crippen molar-refractivity contribution in [3.8, 4) is 0 Å². The molecule has 1 atom stereocenters. The summed E-state index contributed by atoms with van der Waals surface area (Å²) >= 11 is 0. The Morgan fingerprint density at radius 2 is 1.59 bits per heavy atom. The van der Waals surface area contributed by atoms with Crippen molar-refractivity contribution in [3.63, 3.8) is 0 Å². The smallest absolute Gasteiger partial charge is 0.335 e. The Morgan fingerprint density at radius 3 is 2.11 bits per heavy atom. The summed E-state index contributed by atoms with van der Waals surface area (Å²) in [6, 6.07) is 7.13.